The summed E-state index contributed by atoms with van der Waals surface area (Å²) in [6.07, 6.45) is 9.10. The topological polar surface area (TPSA) is 48.5 Å². The molecule has 2 heterocycles. The van der Waals surface area contributed by atoms with Crippen molar-refractivity contribution in [3.8, 4) is 0 Å². The SMILES string of the molecule is CCN1CCN(c2ccc(C(=O)NC3CCCCCC3)nc2)CC1. The van der Waals surface area contributed by atoms with Gasteiger partial charge in [0.15, 0.2) is 0 Å². The third-order valence-electron chi connectivity index (χ3n) is 5.36. The number of likely N-dealkylation sites (N-methyl/N-ethyl adjacent to an activating group) is 1. The van der Waals surface area contributed by atoms with Crippen LogP contribution in [0.25, 0.3) is 0 Å². The van der Waals surface area contributed by atoms with Crippen molar-refractivity contribution >= 4 is 11.6 Å². The highest BCUT2D eigenvalue weighted by molar-refractivity contribution is 5.92. The summed E-state index contributed by atoms with van der Waals surface area (Å²) in [5.41, 5.74) is 1.66. The van der Waals surface area contributed by atoms with E-state index in [0.717, 1.165) is 51.3 Å². The van der Waals surface area contributed by atoms with Crippen LogP contribution in [0.5, 0.6) is 0 Å². The highest BCUT2D eigenvalue weighted by Crippen LogP contribution is 2.18. The summed E-state index contributed by atoms with van der Waals surface area (Å²) < 4.78 is 0. The number of anilines is 1. The zero-order chi connectivity index (χ0) is 16.8. The number of nitrogens with one attached hydrogen (secondary N) is 1. The molecule has 1 amide bonds. The molecular formula is C19H30N4O. The standard InChI is InChI=1S/C19H30N4O/c1-2-22-11-13-23(14-12-22)17-9-10-18(20-15-17)19(24)21-16-7-5-3-4-6-8-16/h9-10,15-16H,2-8,11-14H2,1H3,(H,21,24). The number of rotatable bonds is 4. The number of hydrogen-bond donors (Lipinski definition) is 1. The first-order chi connectivity index (χ1) is 11.8. The Balaban J connectivity index is 1.54. The van der Waals surface area contributed by atoms with E-state index in [4.69, 9.17) is 0 Å². The van der Waals surface area contributed by atoms with Crippen molar-refractivity contribution < 1.29 is 4.79 Å². The second-order valence-electron chi connectivity index (χ2n) is 6.98. The van der Waals surface area contributed by atoms with Crippen LogP contribution in [-0.2, 0) is 0 Å². The lowest BCUT2D eigenvalue weighted by Crippen LogP contribution is -2.46. The molecule has 0 bridgehead atoms. The van der Waals surface area contributed by atoms with Gasteiger partial charge in [0.05, 0.1) is 11.9 Å². The zero-order valence-electron chi connectivity index (χ0n) is 14.8. The van der Waals surface area contributed by atoms with Crippen molar-refractivity contribution in [3.05, 3.63) is 24.0 Å². The van der Waals surface area contributed by atoms with Crippen molar-refractivity contribution in [2.75, 3.05) is 37.6 Å². The van der Waals surface area contributed by atoms with Crippen LogP contribution < -0.4 is 10.2 Å². The van der Waals surface area contributed by atoms with Crippen molar-refractivity contribution in [2.45, 2.75) is 51.5 Å². The molecule has 2 aliphatic rings. The van der Waals surface area contributed by atoms with Crippen molar-refractivity contribution in [2.24, 2.45) is 0 Å². The summed E-state index contributed by atoms with van der Waals surface area (Å²) in [5.74, 6) is -0.0238. The number of piperazine rings is 1. The van der Waals surface area contributed by atoms with Crippen LogP contribution in [0.3, 0.4) is 0 Å². The third kappa shape index (κ3) is 4.47. The first kappa shape index (κ1) is 17.2. The van der Waals surface area contributed by atoms with Gasteiger partial charge in [-0.2, -0.15) is 0 Å². The summed E-state index contributed by atoms with van der Waals surface area (Å²) in [4.78, 5) is 21.6. The lowest BCUT2D eigenvalue weighted by molar-refractivity contribution is 0.0928. The molecule has 24 heavy (non-hydrogen) atoms. The molecule has 5 heteroatoms. The molecule has 1 saturated carbocycles. The molecule has 0 radical (unpaired) electrons. The molecule has 5 nitrogen and oxygen atoms in total. The van der Waals surface area contributed by atoms with Crippen molar-refractivity contribution in [1.82, 2.24) is 15.2 Å². The maximum atomic E-state index is 12.4. The Morgan fingerprint density at radius 1 is 1.12 bits per heavy atom. The maximum absolute atomic E-state index is 12.4. The Hall–Kier alpha value is -1.62. The number of aromatic nitrogens is 1. The van der Waals surface area contributed by atoms with E-state index in [1.165, 1.54) is 25.7 Å². The molecule has 1 N–H and O–H groups in total. The van der Waals surface area contributed by atoms with E-state index in [2.05, 4.69) is 27.0 Å². The number of amides is 1. The average Bonchev–Trinajstić information content (AvgIpc) is 2.90. The average molecular weight is 330 g/mol. The van der Waals surface area contributed by atoms with E-state index in [1.54, 1.807) is 0 Å². The van der Waals surface area contributed by atoms with Crippen LogP contribution in [0.2, 0.25) is 0 Å². The van der Waals surface area contributed by atoms with Gasteiger partial charge in [-0.3, -0.25) is 4.79 Å². The Morgan fingerprint density at radius 2 is 1.83 bits per heavy atom. The summed E-state index contributed by atoms with van der Waals surface area (Å²) >= 11 is 0. The Morgan fingerprint density at radius 3 is 2.42 bits per heavy atom. The van der Waals surface area contributed by atoms with Gasteiger partial charge in [-0.05, 0) is 31.5 Å². The minimum absolute atomic E-state index is 0.0238. The Kier molecular flexibility index (Phi) is 6.07. The van der Waals surface area contributed by atoms with Crippen LogP contribution in [0, 0.1) is 0 Å². The lowest BCUT2D eigenvalue weighted by atomic mass is 10.1. The molecule has 0 spiro atoms. The molecule has 1 aromatic heterocycles. The van der Waals surface area contributed by atoms with Gasteiger partial charge in [0.25, 0.3) is 5.91 Å². The third-order valence-corrected chi connectivity index (χ3v) is 5.36. The first-order valence-electron chi connectivity index (χ1n) is 9.50. The van der Waals surface area contributed by atoms with Gasteiger partial charge in [-0.1, -0.05) is 32.6 Å². The molecule has 0 unspecified atom stereocenters. The summed E-state index contributed by atoms with van der Waals surface area (Å²) in [5, 5.41) is 3.17. The van der Waals surface area contributed by atoms with E-state index in [0.29, 0.717) is 11.7 Å². The van der Waals surface area contributed by atoms with E-state index in [-0.39, 0.29) is 5.91 Å². The van der Waals surface area contributed by atoms with Crippen molar-refractivity contribution in [3.63, 3.8) is 0 Å². The lowest BCUT2D eigenvalue weighted by Gasteiger charge is -2.35. The second kappa shape index (κ2) is 8.47. The molecule has 132 valence electrons. The predicted molar refractivity (Wildman–Crippen MR) is 97.5 cm³/mol. The van der Waals surface area contributed by atoms with E-state index in [1.807, 2.05) is 18.3 Å². The van der Waals surface area contributed by atoms with E-state index in [9.17, 15) is 4.79 Å². The highest BCUT2D eigenvalue weighted by Gasteiger charge is 2.18. The van der Waals surface area contributed by atoms with Crippen LogP contribution in [-0.4, -0.2) is 54.6 Å². The van der Waals surface area contributed by atoms with Gasteiger partial charge < -0.3 is 15.1 Å². The predicted octanol–water partition coefficient (Wildman–Crippen LogP) is 2.68. The maximum Gasteiger partial charge on any atom is 0.270 e. The van der Waals surface area contributed by atoms with Crippen LogP contribution in [0.4, 0.5) is 5.69 Å². The fourth-order valence-electron chi connectivity index (χ4n) is 3.71. The van der Waals surface area contributed by atoms with Crippen LogP contribution >= 0.6 is 0 Å². The van der Waals surface area contributed by atoms with Gasteiger partial charge >= 0.3 is 0 Å². The Bertz CT molecular complexity index is 515. The first-order valence-corrected chi connectivity index (χ1v) is 9.50. The molecule has 1 aliphatic heterocycles. The summed E-state index contributed by atoms with van der Waals surface area (Å²) in [6, 6.07) is 4.23. The second-order valence-corrected chi connectivity index (χ2v) is 6.98. The fourth-order valence-corrected chi connectivity index (χ4v) is 3.71. The zero-order valence-corrected chi connectivity index (χ0v) is 14.8. The van der Waals surface area contributed by atoms with Crippen molar-refractivity contribution in [1.29, 1.82) is 0 Å². The molecule has 3 rings (SSSR count). The van der Waals surface area contributed by atoms with E-state index >= 15 is 0 Å². The highest BCUT2D eigenvalue weighted by atomic mass is 16.1. The molecule has 0 aromatic carbocycles. The number of pyridine rings is 1. The number of carbonyl (C=O) groups is 1. The minimum Gasteiger partial charge on any atom is -0.368 e. The number of nitrogens with zero attached hydrogens (tertiary/aromatic N) is 3. The van der Waals surface area contributed by atoms with Gasteiger partial charge in [-0.15, -0.1) is 0 Å². The summed E-state index contributed by atoms with van der Waals surface area (Å²) in [6.45, 7) is 7.58. The van der Waals surface area contributed by atoms with Crippen LogP contribution in [0.1, 0.15) is 55.9 Å². The summed E-state index contributed by atoms with van der Waals surface area (Å²) in [7, 11) is 0. The smallest absolute Gasteiger partial charge is 0.270 e. The molecular weight excluding hydrogens is 300 g/mol. The normalized spacial score (nSPS) is 20.6. The molecule has 0 atom stereocenters. The van der Waals surface area contributed by atoms with Gasteiger partial charge in [0, 0.05) is 32.2 Å². The largest absolute Gasteiger partial charge is 0.368 e. The van der Waals surface area contributed by atoms with Gasteiger partial charge in [0.2, 0.25) is 0 Å². The van der Waals surface area contributed by atoms with Crippen LogP contribution in [0.15, 0.2) is 18.3 Å². The monoisotopic (exact) mass is 330 g/mol. The van der Waals surface area contributed by atoms with Gasteiger partial charge in [-0.25, -0.2) is 4.98 Å². The number of carbonyl (C=O) groups excluding carboxylic acids is 1. The molecule has 1 saturated heterocycles. The Labute approximate surface area is 145 Å². The molecule has 2 fully saturated rings. The quantitative estimate of drug-likeness (QED) is 0.862. The fraction of sp³-hybridized carbons (Fsp3) is 0.684. The molecule has 1 aromatic rings. The number of hydrogen-bond acceptors (Lipinski definition) is 4. The van der Waals surface area contributed by atoms with E-state index < -0.39 is 0 Å². The minimum atomic E-state index is -0.0238. The van der Waals surface area contributed by atoms with Gasteiger partial charge in [0.1, 0.15) is 5.69 Å². The molecule has 1 aliphatic carbocycles.